The van der Waals surface area contributed by atoms with Crippen molar-refractivity contribution in [2.24, 2.45) is 0 Å². The van der Waals surface area contributed by atoms with Crippen molar-refractivity contribution < 1.29 is 17.9 Å². The Morgan fingerprint density at radius 2 is 1.58 bits per heavy atom. The molecule has 0 radical (unpaired) electrons. The van der Waals surface area contributed by atoms with E-state index in [1.165, 1.54) is 11.1 Å². The first-order chi connectivity index (χ1) is 14.4. The first-order valence-electron chi connectivity index (χ1n) is 10.9. The van der Waals surface area contributed by atoms with Gasteiger partial charge in [0.15, 0.2) is 0 Å². The lowest BCUT2D eigenvalue weighted by Gasteiger charge is -2.41. The van der Waals surface area contributed by atoms with Gasteiger partial charge in [-0.3, -0.25) is 4.72 Å². The lowest BCUT2D eigenvalue weighted by molar-refractivity contribution is 0.0509. The second-order valence-corrected chi connectivity index (χ2v) is 11.6. The lowest BCUT2D eigenvalue weighted by Crippen LogP contribution is -2.34. The molecule has 0 saturated heterocycles. The molecule has 0 unspecified atom stereocenters. The van der Waals surface area contributed by atoms with Crippen LogP contribution >= 0.6 is 0 Å². The number of carbonyl (C=O) groups is 1. The van der Waals surface area contributed by atoms with E-state index >= 15 is 0 Å². The van der Waals surface area contributed by atoms with Gasteiger partial charge in [-0.15, -0.1) is 0 Å². The molecule has 0 aromatic heterocycles. The molecular formula is C25H33NO4S. The van der Waals surface area contributed by atoms with Crippen molar-refractivity contribution in [1.82, 2.24) is 0 Å². The first-order valence-corrected chi connectivity index (χ1v) is 12.5. The number of hydrogen-bond acceptors (Lipinski definition) is 4. The highest BCUT2D eigenvalue weighted by atomic mass is 32.2. The summed E-state index contributed by atoms with van der Waals surface area (Å²) in [6.07, 6.45) is 2.79. The molecule has 1 aliphatic carbocycles. The summed E-state index contributed by atoms with van der Waals surface area (Å²) in [5.74, 6) is -0.281. The van der Waals surface area contributed by atoms with Gasteiger partial charge < -0.3 is 4.74 Å². The summed E-state index contributed by atoms with van der Waals surface area (Å²) < 4.78 is 31.3. The van der Waals surface area contributed by atoms with Gasteiger partial charge in [-0.05, 0) is 71.6 Å². The molecule has 5 nitrogen and oxygen atoms in total. The van der Waals surface area contributed by atoms with E-state index in [-0.39, 0.29) is 29.2 Å². The largest absolute Gasteiger partial charge is 0.462 e. The van der Waals surface area contributed by atoms with Crippen LogP contribution in [-0.2, 0) is 32.0 Å². The molecule has 2 aromatic carbocycles. The first kappa shape index (κ1) is 23.3. The van der Waals surface area contributed by atoms with Crippen LogP contribution in [-0.4, -0.2) is 26.7 Å². The number of nitrogens with one attached hydrogen (secondary N) is 1. The normalized spacial score (nSPS) is 16.9. The number of carbonyl (C=O) groups excluding carboxylic acids is 1. The summed E-state index contributed by atoms with van der Waals surface area (Å²) in [5.41, 5.74) is 4.81. The zero-order chi connectivity index (χ0) is 22.9. The summed E-state index contributed by atoms with van der Waals surface area (Å²) in [7, 11) is -3.29. The van der Waals surface area contributed by atoms with Crippen LogP contribution in [0.1, 0.15) is 74.5 Å². The third kappa shape index (κ3) is 5.48. The van der Waals surface area contributed by atoms with Gasteiger partial charge >= 0.3 is 5.97 Å². The fourth-order valence-corrected chi connectivity index (χ4v) is 4.69. The quantitative estimate of drug-likeness (QED) is 0.597. The number of rotatable bonds is 7. The monoisotopic (exact) mass is 443 g/mol. The molecule has 1 N–H and O–H groups in total. The van der Waals surface area contributed by atoms with Crippen LogP contribution in [0.3, 0.4) is 0 Å². The number of benzene rings is 2. The highest BCUT2D eigenvalue weighted by Gasteiger charge is 2.37. The summed E-state index contributed by atoms with van der Waals surface area (Å²) >= 11 is 0. The summed E-state index contributed by atoms with van der Waals surface area (Å²) in [4.78, 5) is 12.6. The maximum atomic E-state index is 12.6. The number of fused-ring (bicyclic) bond motifs is 1. The van der Waals surface area contributed by atoms with Crippen molar-refractivity contribution in [3.8, 4) is 0 Å². The molecule has 0 aliphatic heterocycles. The minimum atomic E-state index is -3.29. The number of ether oxygens (including phenoxy) is 1. The van der Waals surface area contributed by atoms with Crippen LogP contribution in [0.5, 0.6) is 0 Å². The second-order valence-electron chi connectivity index (χ2n) is 9.62. The standard InChI is InChI=1S/C25H33NO4S/c1-6-31(28,29)26-20-10-7-18(8-11-20)13-16-30-23(27)19-9-12-21-22(17-19)25(4,5)15-14-24(21,2)3/h7-12,17,26H,6,13-16H2,1-5H3. The maximum absolute atomic E-state index is 12.6. The number of anilines is 1. The molecule has 1 aliphatic rings. The molecule has 2 aromatic rings. The molecule has 6 heteroatoms. The average Bonchev–Trinajstić information content (AvgIpc) is 2.72. The third-order valence-electron chi connectivity index (χ3n) is 6.32. The molecule has 0 spiro atoms. The molecular weight excluding hydrogens is 410 g/mol. The molecule has 0 bridgehead atoms. The third-order valence-corrected chi connectivity index (χ3v) is 7.63. The van der Waals surface area contributed by atoms with Gasteiger partial charge in [-0.25, -0.2) is 13.2 Å². The zero-order valence-corrected chi connectivity index (χ0v) is 19.9. The van der Waals surface area contributed by atoms with Crippen LogP contribution < -0.4 is 4.72 Å². The number of sulfonamides is 1. The number of hydrogen-bond donors (Lipinski definition) is 1. The fourth-order valence-electron chi connectivity index (χ4n) is 4.05. The van der Waals surface area contributed by atoms with Gasteiger partial charge in [-0.2, -0.15) is 0 Å². The molecule has 0 saturated carbocycles. The highest BCUT2D eigenvalue weighted by molar-refractivity contribution is 7.92. The predicted octanol–water partition coefficient (Wildman–Crippen LogP) is 5.20. The summed E-state index contributed by atoms with van der Waals surface area (Å²) in [5, 5.41) is 0. The van der Waals surface area contributed by atoms with Crippen LogP contribution in [0.2, 0.25) is 0 Å². The van der Waals surface area contributed by atoms with E-state index in [0.29, 0.717) is 17.7 Å². The average molecular weight is 444 g/mol. The predicted molar refractivity (Wildman–Crippen MR) is 125 cm³/mol. The van der Waals surface area contributed by atoms with Crippen molar-refractivity contribution in [2.75, 3.05) is 17.1 Å². The van der Waals surface area contributed by atoms with Crippen molar-refractivity contribution in [2.45, 2.75) is 64.7 Å². The molecule has 0 atom stereocenters. The van der Waals surface area contributed by atoms with E-state index in [1.54, 1.807) is 19.1 Å². The Labute approximate surface area is 186 Å². The van der Waals surface area contributed by atoms with E-state index in [0.717, 1.165) is 18.4 Å². The number of esters is 1. The second kappa shape index (κ2) is 8.65. The van der Waals surface area contributed by atoms with E-state index in [1.807, 2.05) is 24.3 Å². The molecule has 0 fully saturated rings. The Morgan fingerprint density at radius 3 is 2.19 bits per heavy atom. The van der Waals surface area contributed by atoms with Gasteiger partial charge in [0.1, 0.15) is 0 Å². The van der Waals surface area contributed by atoms with Gasteiger partial charge in [-0.1, -0.05) is 45.9 Å². The van der Waals surface area contributed by atoms with Crippen molar-refractivity contribution in [1.29, 1.82) is 0 Å². The SMILES string of the molecule is CCS(=O)(=O)Nc1ccc(CCOC(=O)c2ccc3c(c2)C(C)(C)CCC3(C)C)cc1. The fraction of sp³-hybridized carbons (Fsp3) is 0.480. The molecule has 31 heavy (non-hydrogen) atoms. The molecule has 0 amide bonds. The molecule has 3 rings (SSSR count). The minimum absolute atomic E-state index is 0.0298. The minimum Gasteiger partial charge on any atom is -0.462 e. The lowest BCUT2D eigenvalue weighted by atomic mass is 9.63. The maximum Gasteiger partial charge on any atom is 0.338 e. The van der Waals surface area contributed by atoms with E-state index in [2.05, 4.69) is 38.5 Å². The van der Waals surface area contributed by atoms with Gasteiger partial charge in [0, 0.05) is 12.1 Å². The summed E-state index contributed by atoms with van der Waals surface area (Å²) in [6.45, 7) is 10.9. The van der Waals surface area contributed by atoms with Gasteiger partial charge in [0.05, 0.1) is 17.9 Å². The van der Waals surface area contributed by atoms with Crippen molar-refractivity contribution >= 4 is 21.7 Å². The Morgan fingerprint density at radius 1 is 0.968 bits per heavy atom. The zero-order valence-electron chi connectivity index (χ0n) is 19.1. The van der Waals surface area contributed by atoms with E-state index in [4.69, 9.17) is 4.74 Å². The van der Waals surface area contributed by atoms with Gasteiger partial charge in [0.25, 0.3) is 0 Å². The Kier molecular flexibility index (Phi) is 6.51. The van der Waals surface area contributed by atoms with Crippen LogP contribution in [0.15, 0.2) is 42.5 Å². The van der Waals surface area contributed by atoms with Crippen LogP contribution in [0, 0.1) is 0 Å². The molecule has 0 heterocycles. The van der Waals surface area contributed by atoms with Crippen molar-refractivity contribution in [3.05, 3.63) is 64.7 Å². The van der Waals surface area contributed by atoms with Gasteiger partial charge in [0.2, 0.25) is 10.0 Å². The Bertz CT molecular complexity index is 1050. The smallest absolute Gasteiger partial charge is 0.338 e. The Hall–Kier alpha value is -2.34. The van der Waals surface area contributed by atoms with E-state index < -0.39 is 10.0 Å². The molecule has 168 valence electrons. The van der Waals surface area contributed by atoms with Crippen LogP contribution in [0.25, 0.3) is 0 Å². The van der Waals surface area contributed by atoms with Crippen LogP contribution in [0.4, 0.5) is 5.69 Å². The van der Waals surface area contributed by atoms with E-state index in [9.17, 15) is 13.2 Å². The summed E-state index contributed by atoms with van der Waals surface area (Å²) in [6, 6.07) is 13.1. The van der Waals surface area contributed by atoms with Crippen molar-refractivity contribution in [3.63, 3.8) is 0 Å². The topological polar surface area (TPSA) is 72.5 Å². The highest BCUT2D eigenvalue weighted by Crippen LogP contribution is 2.45. The Balaban J connectivity index is 1.62.